The van der Waals surface area contributed by atoms with Gasteiger partial charge in [-0.3, -0.25) is 0 Å². The highest BCUT2D eigenvalue weighted by Gasteiger charge is 2.11. The summed E-state index contributed by atoms with van der Waals surface area (Å²) < 4.78 is 0. The topological polar surface area (TPSA) is 70.4 Å². The van der Waals surface area contributed by atoms with E-state index in [0.717, 1.165) is 11.3 Å². The molecule has 0 saturated carbocycles. The van der Waals surface area contributed by atoms with Crippen LogP contribution in [0.15, 0.2) is 24.4 Å². The predicted molar refractivity (Wildman–Crippen MR) is 61.2 cm³/mol. The van der Waals surface area contributed by atoms with E-state index in [1.165, 1.54) is 12.3 Å². The molecule has 0 aliphatic carbocycles. The summed E-state index contributed by atoms with van der Waals surface area (Å²) in [6, 6.07) is 4.62. The zero-order valence-corrected chi connectivity index (χ0v) is 9.42. The van der Waals surface area contributed by atoms with Crippen molar-refractivity contribution < 1.29 is 15.0 Å². The van der Waals surface area contributed by atoms with Crippen molar-refractivity contribution in [1.82, 2.24) is 4.98 Å². The number of aromatic carboxylic acids is 1. The molecule has 0 unspecified atom stereocenters. The largest absolute Gasteiger partial charge is 0.506 e. The zero-order chi connectivity index (χ0) is 11.7. The third kappa shape index (κ3) is 2.00. The molecule has 0 fully saturated rings. The third-order valence-corrected chi connectivity index (χ3v) is 3.25. The van der Waals surface area contributed by atoms with E-state index in [-0.39, 0.29) is 15.6 Å². The van der Waals surface area contributed by atoms with Crippen LogP contribution >= 0.6 is 22.9 Å². The molecular formula is C10H6ClNO3S. The molecular weight excluding hydrogens is 250 g/mol. The van der Waals surface area contributed by atoms with Crippen molar-refractivity contribution in [3.8, 4) is 16.3 Å². The maximum Gasteiger partial charge on any atom is 0.347 e. The van der Waals surface area contributed by atoms with Gasteiger partial charge in [0, 0.05) is 5.56 Å². The fourth-order valence-electron chi connectivity index (χ4n) is 1.15. The van der Waals surface area contributed by atoms with Gasteiger partial charge in [0.1, 0.15) is 15.6 Å². The Hall–Kier alpha value is -1.59. The first-order chi connectivity index (χ1) is 7.58. The van der Waals surface area contributed by atoms with Gasteiger partial charge in [-0.25, -0.2) is 9.78 Å². The second-order valence-corrected chi connectivity index (χ2v) is 4.44. The van der Waals surface area contributed by atoms with E-state index >= 15 is 0 Å². The van der Waals surface area contributed by atoms with Gasteiger partial charge in [0.2, 0.25) is 0 Å². The number of carboxylic acids is 1. The molecule has 0 aliphatic rings. The molecule has 0 bridgehead atoms. The number of thiazole rings is 1. The van der Waals surface area contributed by atoms with Crippen molar-refractivity contribution in [2.75, 3.05) is 0 Å². The number of hydrogen-bond donors (Lipinski definition) is 2. The van der Waals surface area contributed by atoms with Crippen molar-refractivity contribution in [1.29, 1.82) is 0 Å². The molecule has 0 spiro atoms. The number of halogens is 1. The average molecular weight is 256 g/mol. The highest BCUT2D eigenvalue weighted by atomic mass is 35.5. The Morgan fingerprint density at radius 1 is 1.44 bits per heavy atom. The van der Waals surface area contributed by atoms with E-state index in [4.69, 9.17) is 16.7 Å². The van der Waals surface area contributed by atoms with Crippen LogP contribution in [-0.2, 0) is 0 Å². The molecule has 0 radical (unpaired) electrons. The molecule has 2 aromatic rings. The maximum atomic E-state index is 10.7. The number of nitrogens with zero attached hydrogens (tertiary/aromatic N) is 1. The van der Waals surface area contributed by atoms with Gasteiger partial charge in [-0.2, -0.15) is 0 Å². The summed E-state index contributed by atoms with van der Waals surface area (Å²) in [6.45, 7) is 0. The fourth-order valence-corrected chi connectivity index (χ4v) is 2.08. The monoisotopic (exact) mass is 255 g/mol. The lowest BCUT2D eigenvalue weighted by atomic mass is 10.2. The third-order valence-electron chi connectivity index (χ3n) is 1.91. The molecule has 0 aliphatic heterocycles. The molecule has 1 aromatic carbocycles. The van der Waals surface area contributed by atoms with Crippen LogP contribution in [0.1, 0.15) is 9.67 Å². The fraction of sp³-hybridized carbons (Fsp3) is 0. The first kappa shape index (κ1) is 10.9. The highest BCUT2D eigenvalue weighted by molar-refractivity contribution is 7.16. The normalized spacial score (nSPS) is 10.3. The van der Waals surface area contributed by atoms with Gasteiger partial charge in [0.15, 0.2) is 0 Å². The molecule has 2 rings (SSSR count). The first-order valence-corrected chi connectivity index (χ1v) is 5.45. The molecule has 16 heavy (non-hydrogen) atoms. The second-order valence-electron chi connectivity index (χ2n) is 3.00. The van der Waals surface area contributed by atoms with Crippen LogP contribution in [0.2, 0.25) is 5.02 Å². The van der Waals surface area contributed by atoms with Gasteiger partial charge in [0.25, 0.3) is 0 Å². The van der Waals surface area contributed by atoms with Crippen LogP contribution in [0.25, 0.3) is 10.6 Å². The van der Waals surface area contributed by atoms with E-state index < -0.39 is 5.97 Å². The molecule has 1 aromatic heterocycles. The highest BCUT2D eigenvalue weighted by Crippen LogP contribution is 2.31. The molecule has 2 N–H and O–H groups in total. The Balaban J connectivity index is 2.42. The van der Waals surface area contributed by atoms with E-state index in [9.17, 15) is 9.90 Å². The lowest BCUT2D eigenvalue weighted by Gasteiger charge is -1.99. The Morgan fingerprint density at radius 2 is 2.19 bits per heavy atom. The van der Waals surface area contributed by atoms with E-state index in [0.29, 0.717) is 10.6 Å². The molecule has 1 heterocycles. The average Bonchev–Trinajstić information content (AvgIpc) is 2.71. The van der Waals surface area contributed by atoms with Crippen molar-refractivity contribution >= 4 is 28.9 Å². The molecule has 0 atom stereocenters. The van der Waals surface area contributed by atoms with E-state index in [1.807, 2.05) is 0 Å². The number of aromatic nitrogens is 1. The molecule has 0 saturated heterocycles. The van der Waals surface area contributed by atoms with Crippen molar-refractivity contribution in [3.63, 3.8) is 0 Å². The summed E-state index contributed by atoms with van der Waals surface area (Å²) in [5.41, 5.74) is 0.681. The van der Waals surface area contributed by atoms with Gasteiger partial charge in [-0.15, -0.1) is 11.3 Å². The summed E-state index contributed by atoms with van der Waals surface area (Å²) in [4.78, 5) is 14.8. The Morgan fingerprint density at radius 3 is 2.75 bits per heavy atom. The first-order valence-electron chi connectivity index (χ1n) is 4.26. The number of phenolic OH excluding ortho intramolecular Hbond substituents is 1. The van der Waals surface area contributed by atoms with Gasteiger partial charge >= 0.3 is 5.97 Å². The lowest BCUT2D eigenvalue weighted by Crippen LogP contribution is -1.89. The van der Waals surface area contributed by atoms with Crippen LogP contribution in [0.4, 0.5) is 0 Å². The van der Waals surface area contributed by atoms with Gasteiger partial charge < -0.3 is 10.2 Å². The minimum atomic E-state index is -1.01. The van der Waals surface area contributed by atoms with Crippen molar-refractivity contribution in [3.05, 3.63) is 34.3 Å². The number of carbonyl (C=O) groups is 1. The van der Waals surface area contributed by atoms with Crippen molar-refractivity contribution in [2.24, 2.45) is 0 Å². The number of carboxylic acid groups (broad SMARTS) is 1. The van der Waals surface area contributed by atoms with Gasteiger partial charge in [-0.1, -0.05) is 11.6 Å². The van der Waals surface area contributed by atoms with Gasteiger partial charge in [-0.05, 0) is 18.2 Å². The predicted octanol–water partition coefficient (Wildman–Crippen LogP) is 2.87. The number of aromatic hydroxyl groups is 1. The SMILES string of the molecule is O=C(O)c1cnc(-c2ccc(O)c(Cl)c2)s1. The number of phenols is 1. The van der Waals surface area contributed by atoms with Gasteiger partial charge in [0.05, 0.1) is 11.2 Å². The Bertz CT molecular complexity index is 553. The smallest absolute Gasteiger partial charge is 0.347 e. The molecule has 0 amide bonds. The molecule has 6 heteroatoms. The minimum absolute atomic E-state index is 0.0135. The summed E-state index contributed by atoms with van der Waals surface area (Å²) in [6.07, 6.45) is 1.29. The standard InChI is InChI=1S/C10H6ClNO3S/c11-6-3-5(1-2-7(6)13)9-12-4-8(16-9)10(14)15/h1-4,13H,(H,14,15). The lowest BCUT2D eigenvalue weighted by molar-refractivity contribution is 0.0702. The summed E-state index contributed by atoms with van der Waals surface area (Å²) in [5.74, 6) is -1.02. The quantitative estimate of drug-likeness (QED) is 0.866. The number of benzene rings is 1. The van der Waals surface area contributed by atoms with E-state index in [2.05, 4.69) is 4.98 Å². The zero-order valence-electron chi connectivity index (χ0n) is 7.85. The van der Waals surface area contributed by atoms with Crippen LogP contribution in [-0.4, -0.2) is 21.2 Å². The Labute approximate surface area is 99.8 Å². The number of hydrogen-bond acceptors (Lipinski definition) is 4. The summed E-state index contributed by atoms with van der Waals surface area (Å²) >= 11 is 6.80. The summed E-state index contributed by atoms with van der Waals surface area (Å²) in [5, 5.41) is 18.8. The molecule has 4 nitrogen and oxygen atoms in total. The van der Waals surface area contributed by atoms with E-state index in [1.54, 1.807) is 12.1 Å². The second kappa shape index (κ2) is 4.11. The Kier molecular flexibility index (Phi) is 2.80. The minimum Gasteiger partial charge on any atom is -0.506 e. The summed E-state index contributed by atoms with van der Waals surface area (Å²) in [7, 11) is 0. The molecule has 82 valence electrons. The van der Waals surface area contributed by atoms with Crippen LogP contribution < -0.4 is 0 Å². The number of rotatable bonds is 2. The van der Waals surface area contributed by atoms with Crippen LogP contribution in [0.5, 0.6) is 5.75 Å². The maximum absolute atomic E-state index is 10.7. The van der Waals surface area contributed by atoms with Crippen LogP contribution in [0.3, 0.4) is 0 Å². The van der Waals surface area contributed by atoms with Crippen LogP contribution in [0, 0.1) is 0 Å². The van der Waals surface area contributed by atoms with Crippen molar-refractivity contribution in [2.45, 2.75) is 0 Å².